The SMILES string of the molecule is CC(C)Oc1cc2c(C(=O)C=O)n(C3CCNCC3)cc2cc1[N+](=O)[O-]. The molecule has 0 unspecified atom stereocenters. The maximum Gasteiger partial charge on any atom is 0.311 e. The molecule has 1 aliphatic heterocycles. The number of nitrogens with one attached hydrogen (secondary N) is 1. The standard InChI is InChI=1S/C18H21N3O5/c1-11(2)26-17-8-14-12(7-15(17)21(24)25)9-20(18(14)16(23)10-22)13-3-5-19-6-4-13/h7-11,13,19H,3-6H2,1-2H3. The molecule has 0 bridgehead atoms. The van der Waals surface area contributed by atoms with Crippen LogP contribution in [0.25, 0.3) is 10.8 Å². The van der Waals surface area contributed by atoms with Gasteiger partial charge in [-0.25, -0.2) is 0 Å². The Balaban J connectivity index is 2.23. The van der Waals surface area contributed by atoms with Crippen LogP contribution in [0.1, 0.15) is 43.2 Å². The molecule has 2 aromatic rings. The van der Waals surface area contributed by atoms with Crippen molar-refractivity contribution in [1.82, 2.24) is 9.88 Å². The van der Waals surface area contributed by atoms with E-state index < -0.39 is 10.7 Å². The molecule has 1 aliphatic rings. The topological polar surface area (TPSA) is 103 Å². The van der Waals surface area contributed by atoms with Crippen molar-refractivity contribution in [3.63, 3.8) is 0 Å². The third-order valence-electron chi connectivity index (χ3n) is 4.52. The first-order chi connectivity index (χ1) is 12.4. The molecule has 138 valence electrons. The predicted octanol–water partition coefficient (Wildman–Crippen LogP) is 2.64. The number of carbonyl (C=O) groups is 2. The summed E-state index contributed by atoms with van der Waals surface area (Å²) in [6, 6.07) is 2.98. The summed E-state index contributed by atoms with van der Waals surface area (Å²) in [5.74, 6) is -0.539. The van der Waals surface area contributed by atoms with Crippen molar-refractivity contribution >= 4 is 28.5 Å². The fourth-order valence-electron chi connectivity index (χ4n) is 3.43. The second-order valence-electron chi connectivity index (χ2n) is 6.68. The molecule has 1 fully saturated rings. The number of piperidine rings is 1. The minimum atomic E-state index is -0.636. The summed E-state index contributed by atoms with van der Waals surface area (Å²) in [4.78, 5) is 34.4. The Morgan fingerprint density at radius 1 is 1.38 bits per heavy atom. The van der Waals surface area contributed by atoms with Gasteiger partial charge in [0.25, 0.3) is 0 Å². The maximum absolute atomic E-state index is 12.3. The number of carbonyl (C=O) groups excluding carboxylic acids is 2. The molecule has 8 heteroatoms. The molecule has 3 rings (SSSR count). The van der Waals surface area contributed by atoms with E-state index in [1.807, 2.05) is 0 Å². The number of nitro benzene ring substituents is 1. The molecule has 0 saturated carbocycles. The van der Waals surface area contributed by atoms with Gasteiger partial charge in [0.05, 0.1) is 11.0 Å². The molecule has 0 spiro atoms. The molecule has 1 N–H and O–H groups in total. The molecule has 0 amide bonds. The summed E-state index contributed by atoms with van der Waals surface area (Å²) in [5, 5.41) is 15.7. The van der Waals surface area contributed by atoms with Crippen molar-refractivity contribution in [2.75, 3.05) is 13.1 Å². The average molecular weight is 359 g/mol. The van der Waals surface area contributed by atoms with E-state index in [0.717, 1.165) is 25.9 Å². The number of benzene rings is 1. The van der Waals surface area contributed by atoms with Gasteiger partial charge in [-0.3, -0.25) is 19.7 Å². The third kappa shape index (κ3) is 3.32. The van der Waals surface area contributed by atoms with Crippen molar-refractivity contribution in [3.8, 4) is 5.75 Å². The van der Waals surface area contributed by atoms with Gasteiger partial charge < -0.3 is 14.6 Å². The molecular weight excluding hydrogens is 338 g/mol. The fourth-order valence-corrected chi connectivity index (χ4v) is 3.43. The first-order valence-electron chi connectivity index (χ1n) is 8.62. The molecule has 1 aromatic carbocycles. The zero-order valence-electron chi connectivity index (χ0n) is 14.7. The second-order valence-corrected chi connectivity index (χ2v) is 6.68. The number of hydrogen-bond acceptors (Lipinski definition) is 6. The van der Waals surface area contributed by atoms with Crippen molar-refractivity contribution in [1.29, 1.82) is 0 Å². The Bertz CT molecular complexity index is 865. The molecule has 0 radical (unpaired) electrons. The molecule has 1 aromatic heterocycles. The van der Waals surface area contributed by atoms with Gasteiger partial charge in [0.1, 0.15) is 5.69 Å². The number of aldehydes is 1. The lowest BCUT2D eigenvalue weighted by atomic mass is 10.1. The van der Waals surface area contributed by atoms with E-state index in [4.69, 9.17) is 4.74 Å². The second kappa shape index (κ2) is 7.25. The van der Waals surface area contributed by atoms with E-state index >= 15 is 0 Å². The van der Waals surface area contributed by atoms with Crippen LogP contribution in [0.3, 0.4) is 0 Å². The van der Waals surface area contributed by atoms with Gasteiger partial charge in [-0.15, -0.1) is 0 Å². The molecule has 0 atom stereocenters. The Kier molecular flexibility index (Phi) is 5.03. The number of fused-ring (bicyclic) bond motifs is 1. The van der Waals surface area contributed by atoms with Crippen LogP contribution in [0.2, 0.25) is 0 Å². The van der Waals surface area contributed by atoms with Crippen LogP contribution in [-0.2, 0) is 4.79 Å². The van der Waals surface area contributed by atoms with Gasteiger partial charge >= 0.3 is 5.69 Å². The van der Waals surface area contributed by atoms with Crippen LogP contribution in [-0.4, -0.2) is 40.8 Å². The zero-order chi connectivity index (χ0) is 18.8. The fraction of sp³-hybridized carbons (Fsp3) is 0.444. The van der Waals surface area contributed by atoms with E-state index in [0.29, 0.717) is 10.8 Å². The number of hydrogen-bond donors (Lipinski definition) is 1. The predicted molar refractivity (Wildman–Crippen MR) is 95.9 cm³/mol. The lowest BCUT2D eigenvalue weighted by Gasteiger charge is -2.25. The number of nitrogens with zero attached hydrogens (tertiary/aromatic N) is 2. The van der Waals surface area contributed by atoms with E-state index in [-0.39, 0.29) is 35.6 Å². The summed E-state index contributed by atoms with van der Waals surface area (Å²) in [6.45, 7) is 5.17. The van der Waals surface area contributed by atoms with Crippen LogP contribution in [0.5, 0.6) is 5.75 Å². The Labute approximate surface area is 150 Å². The van der Waals surface area contributed by atoms with Crippen LogP contribution in [0.4, 0.5) is 5.69 Å². The summed E-state index contributed by atoms with van der Waals surface area (Å²) < 4.78 is 7.37. The monoisotopic (exact) mass is 359 g/mol. The third-order valence-corrected chi connectivity index (χ3v) is 4.52. The van der Waals surface area contributed by atoms with E-state index in [2.05, 4.69) is 5.32 Å². The number of Topliss-reactive ketones (excluding diaryl/α,β-unsaturated/α-hetero) is 1. The summed E-state index contributed by atoms with van der Waals surface area (Å²) in [7, 11) is 0. The minimum Gasteiger partial charge on any atom is -0.484 e. The normalized spacial score (nSPS) is 15.3. The lowest BCUT2D eigenvalue weighted by Crippen LogP contribution is -2.30. The molecule has 1 saturated heterocycles. The Hall–Kier alpha value is -2.74. The van der Waals surface area contributed by atoms with Gasteiger partial charge in [-0.2, -0.15) is 0 Å². The number of ether oxygens (including phenoxy) is 1. The van der Waals surface area contributed by atoms with E-state index in [9.17, 15) is 19.7 Å². The average Bonchev–Trinajstić information content (AvgIpc) is 2.99. The molecular formula is C18H21N3O5. The molecule has 0 aliphatic carbocycles. The first-order valence-corrected chi connectivity index (χ1v) is 8.62. The summed E-state index contributed by atoms with van der Waals surface area (Å²) in [6.07, 6.45) is 3.39. The van der Waals surface area contributed by atoms with Gasteiger partial charge in [0.15, 0.2) is 12.0 Å². The highest BCUT2D eigenvalue weighted by Crippen LogP contribution is 2.37. The van der Waals surface area contributed by atoms with Crippen LogP contribution in [0.15, 0.2) is 18.3 Å². The molecule has 8 nitrogen and oxygen atoms in total. The lowest BCUT2D eigenvalue weighted by molar-refractivity contribution is -0.385. The largest absolute Gasteiger partial charge is 0.484 e. The van der Waals surface area contributed by atoms with Crippen molar-refractivity contribution in [2.24, 2.45) is 0 Å². The highest BCUT2D eigenvalue weighted by atomic mass is 16.6. The van der Waals surface area contributed by atoms with Gasteiger partial charge in [0, 0.05) is 29.1 Å². The molecule has 26 heavy (non-hydrogen) atoms. The summed E-state index contributed by atoms with van der Waals surface area (Å²) in [5.41, 5.74) is 0.115. The van der Waals surface area contributed by atoms with E-state index in [1.54, 1.807) is 24.6 Å². The van der Waals surface area contributed by atoms with Crippen molar-refractivity contribution < 1.29 is 19.2 Å². The Morgan fingerprint density at radius 2 is 2.08 bits per heavy atom. The highest BCUT2D eigenvalue weighted by molar-refractivity contribution is 6.36. The van der Waals surface area contributed by atoms with Crippen LogP contribution >= 0.6 is 0 Å². The maximum atomic E-state index is 12.3. The smallest absolute Gasteiger partial charge is 0.311 e. The number of aromatic nitrogens is 1. The van der Waals surface area contributed by atoms with Gasteiger partial charge in [-0.1, -0.05) is 0 Å². The number of rotatable bonds is 6. The van der Waals surface area contributed by atoms with Crippen LogP contribution in [0, 0.1) is 10.1 Å². The van der Waals surface area contributed by atoms with Gasteiger partial charge in [0.2, 0.25) is 5.78 Å². The molecule has 2 heterocycles. The minimum absolute atomic E-state index is 0.0658. The number of ketones is 1. The van der Waals surface area contributed by atoms with Crippen molar-refractivity contribution in [3.05, 3.63) is 34.1 Å². The first kappa shape index (κ1) is 18.1. The Morgan fingerprint density at radius 3 is 2.65 bits per heavy atom. The van der Waals surface area contributed by atoms with Gasteiger partial charge in [-0.05, 0) is 45.8 Å². The van der Waals surface area contributed by atoms with Crippen molar-refractivity contribution in [2.45, 2.75) is 38.8 Å². The number of nitro groups is 1. The van der Waals surface area contributed by atoms with E-state index in [1.165, 1.54) is 12.1 Å². The summed E-state index contributed by atoms with van der Waals surface area (Å²) >= 11 is 0. The highest BCUT2D eigenvalue weighted by Gasteiger charge is 2.26. The zero-order valence-corrected chi connectivity index (χ0v) is 14.7. The quantitative estimate of drug-likeness (QED) is 0.280. The van der Waals surface area contributed by atoms with Crippen LogP contribution < -0.4 is 10.1 Å².